The van der Waals surface area contributed by atoms with E-state index in [0.717, 1.165) is 5.69 Å². The fourth-order valence-electron chi connectivity index (χ4n) is 0.690. The predicted molar refractivity (Wildman–Crippen MR) is 44.6 cm³/mol. The molecule has 0 amide bonds. The van der Waals surface area contributed by atoms with Gasteiger partial charge in [-0.2, -0.15) is 0 Å². The van der Waals surface area contributed by atoms with Crippen LogP contribution in [0.15, 0.2) is 42.6 Å². The van der Waals surface area contributed by atoms with Crippen molar-refractivity contribution in [2.24, 2.45) is 0 Å². The molecule has 1 N–H and O–H groups in total. The summed E-state index contributed by atoms with van der Waals surface area (Å²) in [4.78, 5) is 0. The first-order valence-corrected chi connectivity index (χ1v) is 3.19. The number of rotatable bonds is 2. The molecular weight excluding hydrogens is 122 g/mol. The maximum atomic E-state index is 3.56. The van der Waals surface area contributed by atoms with Gasteiger partial charge in [0.15, 0.2) is 0 Å². The van der Waals surface area contributed by atoms with Gasteiger partial charge < -0.3 is 5.32 Å². The zero-order chi connectivity index (χ0) is 7.23. The highest BCUT2D eigenvalue weighted by atomic mass is 14.8. The summed E-state index contributed by atoms with van der Waals surface area (Å²) in [6.45, 7) is 3.56. The first-order valence-electron chi connectivity index (χ1n) is 3.19. The van der Waals surface area contributed by atoms with Gasteiger partial charge in [0, 0.05) is 5.69 Å². The van der Waals surface area contributed by atoms with E-state index < -0.39 is 0 Å². The normalized spacial score (nSPS) is 10.1. The Balaban J connectivity index is 2.59. The fourth-order valence-corrected chi connectivity index (χ4v) is 0.690. The van der Waals surface area contributed by atoms with Crippen molar-refractivity contribution in [3.63, 3.8) is 0 Å². The molecule has 0 atom stereocenters. The molecule has 1 nitrogen and oxygen atoms in total. The summed E-state index contributed by atoms with van der Waals surface area (Å²) in [5.74, 6) is 0. The molecule has 0 heterocycles. The van der Waals surface area contributed by atoms with Crippen molar-refractivity contribution >= 4 is 5.69 Å². The monoisotopic (exact) mass is 132 g/mol. The van der Waals surface area contributed by atoms with Gasteiger partial charge in [-0.05, 0) is 25.3 Å². The molecule has 1 radical (unpaired) electrons. The molecule has 1 rings (SSSR count). The second kappa shape index (κ2) is 3.72. The number of nitrogens with one attached hydrogen (secondary N) is 1. The molecular formula is C9H10N. The average Bonchev–Trinajstić information content (AvgIpc) is 2.03. The van der Waals surface area contributed by atoms with Gasteiger partial charge in [-0.1, -0.05) is 24.3 Å². The maximum Gasteiger partial charge on any atom is 0.0379 e. The Morgan fingerprint density at radius 1 is 1.20 bits per heavy atom. The average molecular weight is 132 g/mol. The summed E-state index contributed by atoms with van der Waals surface area (Å²) in [6, 6.07) is 9.96. The van der Waals surface area contributed by atoms with E-state index in [-0.39, 0.29) is 0 Å². The molecule has 0 aliphatic heterocycles. The summed E-state index contributed by atoms with van der Waals surface area (Å²) >= 11 is 0. The lowest BCUT2D eigenvalue weighted by Crippen LogP contribution is -1.84. The van der Waals surface area contributed by atoms with Crippen LogP contribution in [0.2, 0.25) is 0 Å². The van der Waals surface area contributed by atoms with Crippen molar-refractivity contribution in [2.75, 3.05) is 5.32 Å². The van der Waals surface area contributed by atoms with Crippen LogP contribution >= 0.6 is 0 Å². The molecule has 1 heteroatoms. The van der Waals surface area contributed by atoms with Crippen molar-refractivity contribution in [3.8, 4) is 0 Å². The highest BCUT2D eigenvalue weighted by Crippen LogP contribution is 2.03. The zero-order valence-electron chi connectivity index (χ0n) is 5.75. The summed E-state index contributed by atoms with van der Waals surface area (Å²) in [5.41, 5.74) is 1.09. The van der Waals surface area contributed by atoms with Crippen LogP contribution in [0.25, 0.3) is 0 Å². The summed E-state index contributed by atoms with van der Waals surface area (Å²) < 4.78 is 0. The van der Waals surface area contributed by atoms with Crippen molar-refractivity contribution in [3.05, 3.63) is 49.5 Å². The van der Waals surface area contributed by atoms with E-state index in [1.807, 2.05) is 30.3 Å². The van der Waals surface area contributed by atoms with Gasteiger partial charge in [0.25, 0.3) is 0 Å². The van der Waals surface area contributed by atoms with E-state index in [1.54, 1.807) is 12.3 Å². The molecule has 1 aromatic rings. The fraction of sp³-hybridized carbons (Fsp3) is 0. The first kappa shape index (κ1) is 6.87. The van der Waals surface area contributed by atoms with Crippen LogP contribution < -0.4 is 5.32 Å². The third kappa shape index (κ3) is 1.94. The number of benzene rings is 1. The third-order valence-corrected chi connectivity index (χ3v) is 1.14. The van der Waals surface area contributed by atoms with Gasteiger partial charge in [-0.3, -0.25) is 0 Å². The van der Waals surface area contributed by atoms with Crippen LogP contribution in [0, 0.1) is 6.92 Å². The van der Waals surface area contributed by atoms with E-state index in [1.165, 1.54) is 0 Å². The highest BCUT2D eigenvalue weighted by molar-refractivity contribution is 5.44. The van der Waals surface area contributed by atoms with Gasteiger partial charge in [0.1, 0.15) is 0 Å². The van der Waals surface area contributed by atoms with Crippen LogP contribution in [0.4, 0.5) is 5.69 Å². The Labute approximate surface area is 61.4 Å². The Kier molecular flexibility index (Phi) is 2.56. The first-order chi connectivity index (χ1) is 4.93. The minimum atomic E-state index is 1.09. The van der Waals surface area contributed by atoms with Crippen molar-refractivity contribution < 1.29 is 0 Å². The zero-order valence-corrected chi connectivity index (χ0v) is 5.75. The molecule has 0 spiro atoms. The molecule has 0 fully saturated rings. The molecule has 10 heavy (non-hydrogen) atoms. The molecule has 0 aliphatic carbocycles. The van der Waals surface area contributed by atoms with Crippen LogP contribution in [0.1, 0.15) is 0 Å². The van der Waals surface area contributed by atoms with Crippen LogP contribution in [-0.2, 0) is 0 Å². The van der Waals surface area contributed by atoms with E-state index in [4.69, 9.17) is 0 Å². The Hall–Kier alpha value is -1.24. The molecule has 0 unspecified atom stereocenters. The van der Waals surface area contributed by atoms with Crippen LogP contribution in [0.3, 0.4) is 0 Å². The van der Waals surface area contributed by atoms with E-state index in [2.05, 4.69) is 12.2 Å². The molecule has 1 aromatic carbocycles. The second-order valence-corrected chi connectivity index (χ2v) is 1.91. The van der Waals surface area contributed by atoms with E-state index >= 15 is 0 Å². The maximum absolute atomic E-state index is 3.56. The highest BCUT2D eigenvalue weighted by Gasteiger charge is 1.80. The SMILES string of the molecule is [CH2]/C=C/Nc1ccccc1. The number of hydrogen-bond acceptors (Lipinski definition) is 1. The van der Waals surface area contributed by atoms with Gasteiger partial charge in [0.2, 0.25) is 0 Å². The van der Waals surface area contributed by atoms with Gasteiger partial charge >= 0.3 is 0 Å². The molecule has 0 aromatic heterocycles. The van der Waals surface area contributed by atoms with Crippen LogP contribution in [0.5, 0.6) is 0 Å². The van der Waals surface area contributed by atoms with Crippen molar-refractivity contribution in [1.29, 1.82) is 0 Å². The molecule has 51 valence electrons. The lowest BCUT2D eigenvalue weighted by molar-refractivity contribution is 1.58. The molecule has 0 aliphatic rings. The standard InChI is InChI=1S/C9H10N/c1-2-8-10-9-6-4-3-5-7-9/h2-8,10H,1H2/b8-2+. The Morgan fingerprint density at radius 3 is 2.50 bits per heavy atom. The predicted octanol–water partition coefficient (Wildman–Crippen LogP) is 2.45. The van der Waals surface area contributed by atoms with Gasteiger partial charge in [-0.25, -0.2) is 0 Å². The summed E-state index contributed by atoms with van der Waals surface area (Å²) in [5, 5.41) is 3.05. The number of hydrogen-bond donors (Lipinski definition) is 1. The lowest BCUT2D eigenvalue weighted by Gasteiger charge is -1.96. The second-order valence-electron chi connectivity index (χ2n) is 1.91. The molecule has 0 saturated heterocycles. The minimum Gasteiger partial charge on any atom is -0.362 e. The number of allylic oxidation sites excluding steroid dienone is 1. The van der Waals surface area contributed by atoms with Crippen LogP contribution in [-0.4, -0.2) is 0 Å². The van der Waals surface area contributed by atoms with Gasteiger partial charge in [0.05, 0.1) is 0 Å². The largest absolute Gasteiger partial charge is 0.362 e. The third-order valence-electron chi connectivity index (χ3n) is 1.14. The quantitative estimate of drug-likeness (QED) is 0.651. The lowest BCUT2D eigenvalue weighted by atomic mass is 10.3. The summed E-state index contributed by atoms with van der Waals surface area (Å²) in [6.07, 6.45) is 3.52. The summed E-state index contributed by atoms with van der Waals surface area (Å²) in [7, 11) is 0. The molecule has 0 saturated carbocycles. The number of para-hydroxylation sites is 1. The molecule has 0 bridgehead atoms. The minimum absolute atomic E-state index is 1.09. The number of anilines is 1. The van der Waals surface area contributed by atoms with Gasteiger partial charge in [-0.15, -0.1) is 0 Å². The van der Waals surface area contributed by atoms with E-state index in [9.17, 15) is 0 Å². The Morgan fingerprint density at radius 2 is 1.90 bits per heavy atom. The topological polar surface area (TPSA) is 12.0 Å². The smallest absolute Gasteiger partial charge is 0.0379 e. The van der Waals surface area contributed by atoms with Crippen molar-refractivity contribution in [1.82, 2.24) is 0 Å². The van der Waals surface area contributed by atoms with E-state index in [0.29, 0.717) is 0 Å². The van der Waals surface area contributed by atoms with Crippen molar-refractivity contribution in [2.45, 2.75) is 0 Å². The Bertz CT molecular complexity index is 201.